The number of amides is 1. The monoisotopic (exact) mass is 258 g/mol. The van der Waals surface area contributed by atoms with Crippen molar-refractivity contribution in [2.24, 2.45) is 0 Å². The van der Waals surface area contributed by atoms with E-state index in [0.29, 0.717) is 0 Å². The van der Waals surface area contributed by atoms with Crippen molar-refractivity contribution in [3.8, 4) is 0 Å². The Morgan fingerprint density at radius 1 is 1.26 bits per heavy atom. The molecule has 0 radical (unpaired) electrons. The van der Waals surface area contributed by atoms with Gasteiger partial charge in [-0.1, -0.05) is 13.8 Å². The Hall–Kier alpha value is -1.77. The van der Waals surface area contributed by atoms with Crippen molar-refractivity contribution in [3.05, 3.63) is 35.0 Å². The van der Waals surface area contributed by atoms with E-state index in [0.717, 1.165) is 35.0 Å². The third kappa shape index (κ3) is 2.65. The summed E-state index contributed by atoms with van der Waals surface area (Å²) in [5.41, 5.74) is 4.20. The average molecular weight is 258 g/mol. The molecule has 19 heavy (non-hydrogen) atoms. The summed E-state index contributed by atoms with van der Waals surface area (Å²) in [6.07, 6.45) is 1.93. The number of carbonyl (C=O) groups excluding carboxylic acids is 1. The fourth-order valence-corrected chi connectivity index (χ4v) is 2.36. The second-order valence-electron chi connectivity index (χ2n) is 5.12. The molecule has 2 aromatic rings. The topological polar surface area (TPSA) is 44.9 Å². The normalized spacial score (nSPS) is 11.2. The smallest absolute Gasteiger partial charge is 0.251 e. The lowest BCUT2D eigenvalue weighted by molar-refractivity contribution is 0.0935. The predicted octanol–water partition coefficient (Wildman–Crippen LogP) is 3.70. The summed E-state index contributed by atoms with van der Waals surface area (Å²) in [5, 5.41) is 4.21. The van der Waals surface area contributed by atoms with Crippen molar-refractivity contribution >= 4 is 16.8 Å². The number of rotatable bonds is 4. The summed E-state index contributed by atoms with van der Waals surface area (Å²) in [4.78, 5) is 15.5. The van der Waals surface area contributed by atoms with E-state index in [1.165, 1.54) is 5.56 Å². The minimum absolute atomic E-state index is 0.0221. The maximum absolute atomic E-state index is 12.2. The number of aromatic nitrogens is 1. The lowest BCUT2D eigenvalue weighted by Gasteiger charge is -2.14. The highest BCUT2D eigenvalue weighted by atomic mass is 16.1. The van der Waals surface area contributed by atoms with Crippen molar-refractivity contribution in [2.45, 2.75) is 46.6 Å². The molecule has 1 amide bonds. The number of hydrogen-bond acceptors (Lipinski definition) is 1. The highest BCUT2D eigenvalue weighted by Gasteiger charge is 2.12. The quantitative estimate of drug-likeness (QED) is 0.863. The molecule has 3 nitrogen and oxygen atoms in total. The Balaban J connectivity index is 2.30. The highest BCUT2D eigenvalue weighted by Crippen LogP contribution is 2.22. The van der Waals surface area contributed by atoms with E-state index in [2.05, 4.69) is 38.0 Å². The Morgan fingerprint density at radius 2 is 1.95 bits per heavy atom. The van der Waals surface area contributed by atoms with Crippen LogP contribution in [-0.4, -0.2) is 16.9 Å². The summed E-state index contributed by atoms with van der Waals surface area (Å²) in [6, 6.07) is 6.11. The predicted molar refractivity (Wildman–Crippen MR) is 79.6 cm³/mol. The zero-order valence-corrected chi connectivity index (χ0v) is 12.1. The van der Waals surface area contributed by atoms with Crippen LogP contribution in [0.3, 0.4) is 0 Å². The molecule has 2 N–H and O–H groups in total. The zero-order chi connectivity index (χ0) is 14.0. The van der Waals surface area contributed by atoms with E-state index >= 15 is 0 Å². The van der Waals surface area contributed by atoms with Crippen LogP contribution in [-0.2, 0) is 0 Å². The molecule has 0 saturated heterocycles. The van der Waals surface area contributed by atoms with Crippen LogP contribution in [0.5, 0.6) is 0 Å². The van der Waals surface area contributed by atoms with Gasteiger partial charge in [-0.05, 0) is 50.5 Å². The van der Waals surface area contributed by atoms with Gasteiger partial charge in [-0.3, -0.25) is 4.79 Å². The second-order valence-corrected chi connectivity index (χ2v) is 5.12. The highest BCUT2D eigenvalue weighted by molar-refractivity contribution is 5.99. The number of hydrogen-bond donors (Lipinski definition) is 2. The molecule has 0 fully saturated rings. The molecule has 2 rings (SSSR count). The maximum Gasteiger partial charge on any atom is 0.251 e. The molecule has 102 valence electrons. The number of fused-ring (bicyclic) bond motifs is 1. The van der Waals surface area contributed by atoms with E-state index in [-0.39, 0.29) is 11.9 Å². The summed E-state index contributed by atoms with van der Waals surface area (Å²) in [5.74, 6) is 0.0221. The molecule has 0 unspecified atom stereocenters. The first kappa shape index (κ1) is 13.7. The number of nitrogens with one attached hydrogen (secondary N) is 2. The molecule has 1 aromatic carbocycles. The molecule has 1 heterocycles. The summed E-state index contributed by atoms with van der Waals surface area (Å²) in [6.45, 7) is 8.32. The summed E-state index contributed by atoms with van der Waals surface area (Å²) < 4.78 is 0. The number of H-pyrrole nitrogens is 1. The standard InChI is InChI=1S/C16H22N2O/c1-5-13(6-2)18-16(19)12-7-8-15-14(9-12)10(3)11(4)17-15/h7-9,13,17H,5-6H2,1-4H3,(H,18,19). The molecule has 0 spiro atoms. The summed E-state index contributed by atoms with van der Waals surface area (Å²) in [7, 11) is 0. The Morgan fingerprint density at radius 3 is 2.58 bits per heavy atom. The van der Waals surface area contributed by atoms with Gasteiger partial charge in [-0.25, -0.2) is 0 Å². The average Bonchev–Trinajstić information content (AvgIpc) is 2.71. The summed E-state index contributed by atoms with van der Waals surface area (Å²) >= 11 is 0. The Kier molecular flexibility index (Phi) is 3.93. The minimum Gasteiger partial charge on any atom is -0.358 e. The maximum atomic E-state index is 12.2. The second kappa shape index (κ2) is 5.47. The van der Waals surface area contributed by atoms with Crippen molar-refractivity contribution in [3.63, 3.8) is 0 Å². The minimum atomic E-state index is 0.0221. The fourth-order valence-electron chi connectivity index (χ4n) is 2.36. The van der Waals surface area contributed by atoms with Crippen LogP contribution >= 0.6 is 0 Å². The van der Waals surface area contributed by atoms with Gasteiger partial charge in [-0.15, -0.1) is 0 Å². The van der Waals surface area contributed by atoms with Gasteiger partial charge < -0.3 is 10.3 Å². The van der Waals surface area contributed by atoms with E-state index in [9.17, 15) is 4.79 Å². The van der Waals surface area contributed by atoms with Crippen molar-refractivity contribution in [1.29, 1.82) is 0 Å². The molecular formula is C16H22N2O. The molecule has 0 aliphatic heterocycles. The molecule has 0 saturated carbocycles. The number of carbonyl (C=O) groups is 1. The van der Waals surface area contributed by atoms with Crippen molar-refractivity contribution < 1.29 is 4.79 Å². The van der Waals surface area contributed by atoms with Crippen LogP contribution in [0.2, 0.25) is 0 Å². The third-order valence-corrected chi connectivity index (χ3v) is 3.89. The van der Waals surface area contributed by atoms with Crippen molar-refractivity contribution in [2.75, 3.05) is 0 Å². The lowest BCUT2D eigenvalue weighted by atomic mass is 10.1. The molecule has 0 bridgehead atoms. The van der Waals surface area contributed by atoms with Gasteiger partial charge in [0.2, 0.25) is 0 Å². The van der Waals surface area contributed by atoms with Gasteiger partial charge in [0.1, 0.15) is 0 Å². The van der Waals surface area contributed by atoms with E-state index < -0.39 is 0 Å². The van der Waals surface area contributed by atoms with Gasteiger partial charge in [0.15, 0.2) is 0 Å². The molecule has 0 aliphatic carbocycles. The fraction of sp³-hybridized carbons (Fsp3) is 0.438. The lowest BCUT2D eigenvalue weighted by Crippen LogP contribution is -2.33. The van der Waals surface area contributed by atoms with E-state index in [1.807, 2.05) is 18.2 Å². The van der Waals surface area contributed by atoms with Crippen LogP contribution in [0.25, 0.3) is 10.9 Å². The number of aromatic amines is 1. The number of aryl methyl sites for hydroxylation is 2. The van der Waals surface area contributed by atoms with Gasteiger partial charge in [0.05, 0.1) is 0 Å². The molecule has 0 aliphatic rings. The molecular weight excluding hydrogens is 236 g/mol. The van der Waals surface area contributed by atoms with Crippen LogP contribution in [0.1, 0.15) is 48.3 Å². The van der Waals surface area contributed by atoms with Crippen LogP contribution in [0, 0.1) is 13.8 Å². The molecule has 3 heteroatoms. The van der Waals surface area contributed by atoms with Gasteiger partial charge in [-0.2, -0.15) is 0 Å². The first-order valence-corrected chi connectivity index (χ1v) is 6.96. The van der Waals surface area contributed by atoms with Gasteiger partial charge in [0.25, 0.3) is 5.91 Å². The first-order valence-electron chi connectivity index (χ1n) is 6.96. The van der Waals surface area contributed by atoms with Gasteiger partial charge in [0, 0.05) is 28.2 Å². The van der Waals surface area contributed by atoms with E-state index in [1.54, 1.807) is 0 Å². The van der Waals surface area contributed by atoms with E-state index in [4.69, 9.17) is 0 Å². The Labute approximate surface area is 114 Å². The first-order chi connectivity index (χ1) is 9.06. The largest absolute Gasteiger partial charge is 0.358 e. The van der Waals surface area contributed by atoms with Crippen molar-refractivity contribution in [1.82, 2.24) is 10.3 Å². The zero-order valence-electron chi connectivity index (χ0n) is 12.1. The van der Waals surface area contributed by atoms with Crippen LogP contribution in [0.4, 0.5) is 0 Å². The molecule has 1 aromatic heterocycles. The molecule has 0 atom stereocenters. The van der Waals surface area contributed by atoms with Crippen LogP contribution < -0.4 is 5.32 Å². The Bertz CT molecular complexity index is 594. The van der Waals surface area contributed by atoms with Gasteiger partial charge >= 0.3 is 0 Å². The third-order valence-electron chi connectivity index (χ3n) is 3.89. The number of benzene rings is 1. The SMILES string of the molecule is CCC(CC)NC(=O)c1ccc2[nH]c(C)c(C)c2c1. The van der Waals surface area contributed by atoms with Crippen LogP contribution in [0.15, 0.2) is 18.2 Å².